The van der Waals surface area contributed by atoms with E-state index in [1.54, 1.807) is 36.4 Å². The van der Waals surface area contributed by atoms with E-state index in [4.69, 9.17) is 0 Å². The van der Waals surface area contributed by atoms with Gasteiger partial charge in [-0.15, -0.1) is 0 Å². The lowest BCUT2D eigenvalue weighted by Gasteiger charge is -2.27. The lowest BCUT2D eigenvalue weighted by atomic mass is 10.2. The van der Waals surface area contributed by atoms with Gasteiger partial charge in [-0.2, -0.15) is 0 Å². The van der Waals surface area contributed by atoms with Crippen molar-refractivity contribution in [2.75, 3.05) is 30.3 Å². The molecule has 2 aromatic carbocycles. The van der Waals surface area contributed by atoms with Crippen LogP contribution in [0.3, 0.4) is 0 Å². The molecular formula is C22H26N4O5S. The van der Waals surface area contributed by atoms with Crippen LogP contribution in [0, 0.1) is 6.92 Å². The van der Waals surface area contributed by atoms with E-state index in [1.807, 2.05) is 6.92 Å². The molecule has 2 N–H and O–H groups in total. The van der Waals surface area contributed by atoms with Crippen molar-refractivity contribution >= 4 is 39.2 Å². The minimum atomic E-state index is -4.24. The number of nitrogens with one attached hydrogen (secondary N) is 2. The summed E-state index contributed by atoms with van der Waals surface area (Å²) in [5, 5.41) is 5.20. The van der Waals surface area contributed by atoms with Gasteiger partial charge in [0.15, 0.2) is 0 Å². The monoisotopic (exact) mass is 458 g/mol. The first-order valence-corrected chi connectivity index (χ1v) is 11.7. The number of carbonyl (C=O) groups is 3. The smallest absolute Gasteiger partial charge is 0.326 e. The Hall–Kier alpha value is -3.40. The molecule has 10 heteroatoms. The fraction of sp³-hybridized carbons (Fsp3) is 0.318. The maximum absolute atomic E-state index is 13.3. The number of hydrogen-bond acceptors (Lipinski definition) is 5. The van der Waals surface area contributed by atoms with Gasteiger partial charge >= 0.3 is 6.03 Å². The average molecular weight is 459 g/mol. The van der Waals surface area contributed by atoms with E-state index < -0.39 is 28.5 Å². The average Bonchev–Trinajstić information content (AvgIpc) is 3.26. The first kappa shape index (κ1) is 23.3. The predicted octanol–water partition coefficient (Wildman–Crippen LogP) is 2.80. The Bertz CT molecular complexity index is 1110. The molecule has 1 heterocycles. The summed E-state index contributed by atoms with van der Waals surface area (Å²) >= 11 is 0. The van der Waals surface area contributed by atoms with Crippen LogP contribution in [0.2, 0.25) is 0 Å². The second-order valence-electron chi connectivity index (χ2n) is 7.61. The molecule has 0 radical (unpaired) electrons. The molecule has 0 bridgehead atoms. The van der Waals surface area contributed by atoms with Gasteiger partial charge in [0.05, 0.1) is 4.90 Å². The molecule has 0 aromatic heterocycles. The quantitative estimate of drug-likeness (QED) is 0.691. The Morgan fingerprint density at radius 3 is 2.16 bits per heavy atom. The standard InChI is InChI=1S/C22H26N4O5S/c1-16-8-10-20(11-9-16)32(30,31)26(22(29)25-12-3-4-13-25)15-21(28)24-19-7-5-6-18(14-19)23-17(2)27/h5-11,14H,3-4,12-13,15H2,1-2H3,(H,23,27)(H,24,28). The summed E-state index contributed by atoms with van der Waals surface area (Å²) in [6.45, 7) is 3.41. The minimum absolute atomic E-state index is 0.0592. The van der Waals surface area contributed by atoms with Crippen LogP contribution < -0.4 is 10.6 Å². The number of aryl methyl sites for hydroxylation is 1. The summed E-state index contributed by atoms with van der Waals surface area (Å²) in [5.74, 6) is -0.937. The molecule has 1 fully saturated rings. The normalized spacial score (nSPS) is 13.5. The van der Waals surface area contributed by atoms with E-state index in [0.29, 0.717) is 28.8 Å². The predicted molar refractivity (Wildman–Crippen MR) is 121 cm³/mol. The molecule has 2 aromatic rings. The fourth-order valence-corrected chi connectivity index (χ4v) is 4.71. The molecule has 0 saturated carbocycles. The summed E-state index contributed by atoms with van der Waals surface area (Å²) in [5.41, 5.74) is 1.72. The van der Waals surface area contributed by atoms with Crippen LogP contribution >= 0.6 is 0 Å². The van der Waals surface area contributed by atoms with Gasteiger partial charge < -0.3 is 15.5 Å². The third kappa shape index (κ3) is 5.64. The zero-order valence-corrected chi connectivity index (χ0v) is 18.8. The SMILES string of the molecule is CC(=O)Nc1cccc(NC(=O)CN(C(=O)N2CCCC2)S(=O)(=O)c2ccc(C)cc2)c1. The zero-order chi connectivity index (χ0) is 23.3. The van der Waals surface area contributed by atoms with Crippen molar-refractivity contribution in [3.05, 3.63) is 54.1 Å². The number of benzene rings is 2. The number of hydrogen-bond donors (Lipinski definition) is 2. The summed E-state index contributed by atoms with van der Waals surface area (Å²) in [6.07, 6.45) is 1.57. The third-order valence-electron chi connectivity index (χ3n) is 4.95. The molecule has 32 heavy (non-hydrogen) atoms. The van der Waals surface area contributed by atoms with Crippen molar-refractivity contribution in [3.63, 3.8) is 0 Å². The maximum Gasteiger partial charge on any atom is 0.334 e. The number of urea groups is 1. The summed E-state index contributed by atoms with van der Waals surface area (Å²) in [4.78, 5) is 38.4. The molecule has 1 saturated heterocycles. The van der Waals surface area contributed by atoms with Crippen molar-refractivity contribution < 1.29 is 22.8 Å². The highest BCUT2D eigenvalue weighted by Gasteiger charge is 2.35. The third-order valence-corrected chi connectivity index (χ3v) is 6.69. The Balaban J connectivity index is 1.83. The van der Waals surface area contributed by atoms with Crippen LogP contribution in [0.5, 0.6) is 0 Å². The van der Waals surface area contributed by atoms with Crippen molar-refractivity contribution in [2.45, 2.75) is 31.6 Å². The van der Waals surface area contributed by atoms with Crippen molar-refractivity contribution in [3.8, 4) is 0 Å². The number of rotatable bonds is 6. The van der Waals surface area contributed by atoms with Crippen LogP contribution in [0.1, 0.15) is 25.3 Å². The number of nitrogens with zero attached hydrogens (tertiary/aromatic N) is 2. The topological polar surface area (TPSA) is 116 Å². The van der Waals surface area contributed by atoms with Crippen LogP contribution in [-0.4, -0.2) is 55.1 Å². The van der Waals surface area contributed by atoms with Crippen molar-refractivity contribution in [2.24, 2.45) is 0 Å². The summed E-state index contributed by atoms with van der Waals surface area (Å²) < 4.78 is 27.1. The highest BCUT2D eigenvalue weighted by atomic mass is 32.2. The molecule has 9 nitrogen and oxygen atoms in total. The molecule has 0 unspecified atom stereocenters. The Kier molecular flexibility index (Phi) is 7.14. The lowest BCUT2D eigenvalue weighted by molar-refractivity contribution is -0.116. The van der Waals surface area contributed by atoms with E-state index in [0.717, 1.165) is 18.4 Å². The Morgan fingerprint density at radius 2 is 1.56 bits per heavy atom. The molecule has 1 aliphatic rings. The molecule has 4 amide bonds. The Morgan fingerprint density at radius 1 is 0.969 bits per heavy atom. The van der Waals surface area contributed by atoms with E-state index in [-0.39, 0.29) is 10.8 Å². The van der Waals surface area contributed by atoms with Crippen molar-refractivity contribution in [1.82, 2.24) is 9.21 Å². The largest absolute Gasteiger partial charge is 0.334 e. The molecule has 170 valence electrons. The van der Waals surface area contributed by atoms with Gasteiger partial charge in [0.1, 0.15) is 6.54 Å². The van der Waals surface area contributed by atoms with Crippen LogP contribution in [0.25, 0.3) is 0 Å². The number of anilines is 2. The van der Waals surface area contributed by atoms with E-state index in [9.17, 15) is 22.8 Å². The first-order chi connectivity index (χ1) is 15.2. The molecule has 1 aliphatic heterocycles. The summed E-state index contributed by atoms with van der Waals surface area (Å²) in [6, 6.07) is 11.8. The van der Waals surface area contributed by atoms with E-state index in [2.05, 4.69) is 10.6 Å². The number of carbonyl (C=O) groups excluding carboxylic acids is 3. The fourth-order valence-electron chi connectivity index (χ4n) is 3.37. The number of sulfonamides is 1. The van der Waals surface area contributed by atoms with Gasteiger partial charge in [0.2, 0.25) is 11.8 Å². The highest BCUT2D eigenvalue weighted by Crippen LogP contribution is 2.21. The van der Waals surface area contributed by atoms with Gasteiger partial charge in [-0.3, -0.25) is 9.59 Å². The van der Waals surface area contributed by atoms with Crippen LogP contribution in [0.15, 0.2) is 53.4 Å². The van der Waals surface area contributed by atoms with Crippen molar-refractivity contribution in [1.29, 1.82) is 0 Å². The summed E-state index contributed by atoms with van der Waals surface area (Å²) in [7, 11) is -4.24. The van der Waals surface area contributed by atoms with Crippen LogP contribution in [0.4, 0.5) is 16.2 Å². The molecule has 0 atom stereocenters. The van der Waals surface area contributed by atoms with E-state index >= 15 is 0 Å². The second-order valence-corrected chi connectivity index (χ2v) is 9.47. The Labute approximate surface area is 187 Å². The van der Waals surface area contributed by atoms with Gasteiger partial charge in [-0.1, -0.05) is 23.8 Å². The first-order valence-electron chi connectivity index (χ1n) is 10.2. The maximum atomic E-state index is 13.3. The zero-order valence-electron chi connectivity index (χ0n) is 18.0. The molecular weight excluding hydrogens is 432 g/mol. The van der Waals surface area contributed by atoms with Gasteiger partial charge in [0, 0.05) is 31.4 Å². The van der Waals surface area contributed by atoms with E-state index in [1.165, 1.54) is 24.0 Å². The van der Waals surface area contributed by atoms with Gasteiger partial charge in [0.25, 0.3) is 10.0 Å². The highest BCUT2D eigenvalue weighted by molar-refractivity contribution is 7.89. The van der Waals surface area contributed by atoms with Crippen LogP contribution in [-0.2, 0) is 19.6 Å². The second kappa shape index (κ2) is 9.82. The molecule has 3 rings (SSSR count). The molecule has 0 spiro atoms. The molecule has 0 aliphatic carbocycles. The van der Waals surface area contributed by atoms with Gasteiger partial charge in [-0.05, 0) is 50.1 Å². The van der Waals surface area contributed by atoms with Gasteiger partial charge in [-0.25, -0.2) is 17.5 Å². The lowest BCUT2D eigenvalue weighted by Crippen LogP contribution is -2.48. The number of amides is 4. The minimum Gasteiger partial charge on any atom is -0.326 e. The number of likely N-dealkylation sites (tertiary alicyclic amines) is 1.